The molecule has 1 aliphatic rings. The van der Waals surface area contributed by atoms with E-state index in [0.717, 1.165) is 12.8 Å². The van der Waals surface area contributed by atoms with Crippen LogP contribution >= 0.6 is 15.9 Å². The number of halogens is 2. The highest BCUT2D eigenvalue weighted by atomic mass is 79.9. The monoisotopic (exact) mass is 327 g/mol. The molecule has 2 rings (SSSR count). The third-order valence-corrected chi connectivity index (χ3v) is 4.54. The van der Waals surface area contributed by atoms with Crippen molar-refractivity contribution in [2.24, 2.45) is 5.92 Å². The van der Waals surface area contributed by atoms with Gasteiger partial charge in [0, 0.05) is 16.9 Å². The number of benzene rings is 1. The molecule has 4 heteroatoms. The number of hydrogen-bond acceptors (Lipinski definition) is 1. The van der Waals surface area contributed by atoms with Gasteiger partial charge < -0.3 is 5.32 Å². The third-order valence-electron chi connectivity index (χ3n) is 3.70. The Bertz CT molecular complexity index is 463. The molecule has 1 saturated carbocycles. The highest BCUT2D eigenvalue weighted by Crippen LogP contribution is 2.28. The molecule has 1 aliphatic carbocycles. The molecule has 1 fully saturated rings. The number of amides is 1. The van der Waals surface area contributed by atoms with Crippen LogP contribution in [-0.4, -0.2) is 17.3 Å². The molecule has 0 aliphatic heterocycles. The van der Waals surface area contributed by atoms with E-state index in [1.807, 2.05) is 0 Å². The summed E-state index contributed by atoms with van der Waals surface area (Å²) in [6.07, 6.45) is 4.68. The second-order valence-corrected chi connectivity index (χ2v) is 6.60. The number of carbonyl (C=O) groups is 1. The highest BCUT2D eigenvalue weighted by molar-refractivity contribution is 9.09. The summed E-state index contributed by atoms with van der Waals surface area (Å²) in [5, 5.41) is 2.91. The summed E-state index contributed by atoms with van der Waals surface area (Å²) in [5.41, 5.74) is 0.959. The lowest BCUT2D eigenvalue weighted by molar-refractivity contribution is 0.0943. The Labute approximate surface area is 121 Å². The minimum atomic E-state index is -0.328. The van der Waals surface area contributed by atoms with Gasteiger partial charge in [-0.1, -0.05) is 28.4 Å². The number of alkyl halides is 1. The Hall–Kier alpha value is -0.900. The van der Waals surface area contributed by atoms with Crippen molar-refractivity contribution in [3.63, 3.8) is 0 Å². The van der Waals surface area contributed by atoms with Gasteiger partial charge in [0.15, 0.2) is 0 Å². The molecule has 0 radical (unpaired) electrons. The molecule has 2 atom stereocenters. The van der Waals surface area contributed by atoms with E-state index in [-0.39, 0.29) is 11.7 Å². The molecule has 2 unspecified atom stereocenters. The number of nitrogens with one attached hydrogen (secondary N) is 1. The van der Waals surface area contributed by atoms with Crippen molar-refractivity contribution in [2.75, 3.05) is 6.54 Å². The summed E-state index contributed by atoms with van der Waals surface area (Å²) < 4.78 is 13.4. The summed E-state index contributed by atoms with van der Waals surface area (Å²) >= 11 is 3.64. The Morgan fingerprint density at radius 3 is 2.95 bits per heavy atom. The van der Waals surface area contributed by atoms with E-state index in [1.54, 1.807) is 19.1 Å². The summed E-state index contributed by atoms with van der Waals surface area (Å²) in [6.45, 7) is 2.37. The first kappa shape index (κ1) is 14.5. The van der Waals surface area contributed by atoms with E-state index < -0.39 is 0 Å². The van der Waals surface area contributed by atoms with Crippen LogP contribution < -0.4 is 5.32 Å². The van der Waals surface area contributed by atoms with Gasteiger partial charge in [-0.2, -0.15) is 0 Å². The normalized spacial score (nSPS) is 23.1. The summed E-state index contributed by atoms with van der Waals surface area (Å²) in [4.78, 5) is 12.5. The molecule has 1 N–H and O–H groups in total. The summed E-state index contributed by atoms with van der Waals surface area (Å²) in [7, 11) is 0. The van der Waals surface area contributed by atoms with Crippen molar-refractivity contribution in [1.82, 2.24) is 5.32 Å². The van der Waals surface area contributed by atoms with E-state index in [2.05, 4.69) is 21.2 Å². The van der Waals surface area contributed by atoms with Crippen molar-refractivity contribution in [3.8, 4) is 0 Å². The third kappa shape index (κ3) is 4.03. The van der Waals surface area contributed by atoms with Crippen molar-refractivity contribution < 1.29 is 9.18 Å². The fraction of sp³-hybridized carbons (Fsp3) is 0.533. The van der Waals surface area contributed by atoms with Gasteiger partial charge in [0.1, 0.15) is 5.82 Å². The van der Waals surface area contributed by atoms with Crippen LogP contribution in [-0.2, 0) is 0 Å². The van der Waals surface area contributed by atoms with Crippen LogP contribution in [0.3, 0.4) is 0 Å². The van der Waals surface area contributed by atoms with Crippen molar-refractivity contribution in [3.05, 3.63) is 35.1 Å². The lowest BCUT2D eigenvalue weighted by Gasteiger charge is -2.25. The van der Waals surface area contributed by atoms with Crippen molar-refractivity contribution in [1.29, 1.82) is 0 Å². The fourth-order valence-corrected chi connectivity index (χ4v) is 3.34. The van der Waals surface area contributed by atoms with E-state index in [1.165, 1.54) is 18.9 Å². The maximum Gasteiger partial charge on any atom is 0.251 e. The zero-order chi connectivity index (χ0) is 13.8. The quantitative estimate of drug-likeness (QED) is 0.840. The molecule has 0 bridgehead atoms. The maximum atomic E-state index is 13.4. The Morgan fingerprint density at radius 2 is 2.26 bits per heavy atom. The van der Waals surface area contributed by atoms with E-state index in [9.17, 15) is 9.18 Å². The average Bonchev–Trinajstić information content (AvgIpc) is 2.39. The van der Waals surface area contributed by atoms with Crippen LogP contribution in [0, 0.1) is 18.7 Å². The van der Waals surface area contributed by atoms with E-state index in [4.69, 9.17) is 0 Å². The van der Waals surface area contributed by atoms with Gasteiger partial charge in [-0.3, -0.25) is 4.79 Å². The molecule has 1 amide bonds. The fourth-order valence-electron chi connectivity index (χ4n) is 2.48. The second-order valence-electron chi connectivity index (χ2n) is 5.30. The molecule has 0 heterocycles. The predicted molar refractivity (Wildman–Crippen MR) is 78.1 cm³/mol. The second kappa shape index (κ2) is 6.51. The van der Waals surface area contributed by atoms with Crippen LogP contribution in [0.2, 0.25) is 0 Å². The lowest BCUT2D eigenvalue weighted by Crippen LogP contribution is -2.32. The topological polar surface area (TPSA) is 29.1 Å². The number of rotatable bonds is 3. The largest absolute Gasteiger partial charge is 0.352 e. The summed E-state index contributed by atoms with van der Waals surface area (Å²) in [6, 6.07) is 4.61. The van der Waals surface area contributed by atoms with Crippen molar-refractivity contribution >= 4 is 21.8 Å². The average molecular weight is 328 g/mol. The Balaban J connectivity index is 1.88. The number of carbonyl (C=O) groups excluding carboxylic acids is 1. The molecule has 1 aromatic carbocycles. The highest BCUT2D eigenvalue weighted by Gasteiger charge is 2.20. The van der Waals surface area contributed by atoms with Crippen LogP contribution in [0.4, 0.5) is 4.39 Å². The van der Waals surface area contributed by atoms with Gasteiger partial charge in [0.2, 0.25) is 0 Å². The number of aryl methyl sites for hydroxylation is 1. The summed E-state index contributed by atoms with van der Waals surface area (Å²) in [5.74, 6) is 0.0128. The lowest BCUT2D eigenvalue weighted by atomic mass is 9.89. The minimum absolute atomic E-state index is 0.185. The Morgan fingerprint density at radius 1 is 1.47 bits per heavy atom. The van der Waals surface area contributed by atoms with Crippen LogP contribution in [0.15, 0.2) is 18.2 Å². The first-order chi connectivity index (χ1) is 9.06. The molecular formula is C15H19BrFNO. The smallest absolute Gasteiger partial charge is 0.251 e. The van der Waals surface area contributed by atoms with Crippen LogP contribution in [0.1, 0.15) is 41.6 Å². The van der Waals surface area contributed by atoms with Gasteiger partial charge in [-0.15, -0.1) is 0 Å². The van der Waals surface area contributed by atoms with Gasteiger partial charge in [0.05, 0.1) is 0 Å². The molecule has 1 aromatic rings. The van der Waals surface area contributed by atoms with Crippen LogP contribution in [0.25, 0.3) is 0 Å². The maximum absolute atomic E-state index is 13.4. The Kier molecular flexibility index (Phi) is 4.97. The van der Waals surface area contributed by atoms with Gasteiger partial charge in [-0.25, -0.2) is 4.39 Å². The predicted octanol–water partition coefficient (Wildman–Crippen LogP) is 3.82. The molecule has 0 spiro atoms. The van der Waals surface area contributed by atoms with E-state index in [0.29, 0.717) is 28.4 Å². The van der Waals surface area contributed by atoms with Gasteiger partial charge >= 0.3 is 0 Å². The standard InChI is InChI=1S/C15H19BrFNO/c1-10-5-6-12(8-14(10)17)15(19)18-9-11-3-2-4-13(16)7-11/h5-6,8,11,13H,2-4,7,9H2,1H3,(H,18,19). The molecule has 19 heavy (non-hydrogen) atoms. The zero-order valence-electron chi connectivity index (χ0n) is 11.1. The molecule has 0 saturated heterocycles. The number of hydrogen-bond donors (Lipinski definition) is 1. The molecule has 104 valence electrons. The first-order valence-electron chi connectivity index (χ1n) is 6.74. The van der Waals surface area contributed by atoms with E-state index >= 15 is 0 Å². The first-order valence-corrected chi connectivity index (χ1v) is 7.66. The SMILES string of the molecule is Cc1ccc(C(=O)NCC2CCCC(Br)C2)cc1F. The zero-order valence-corrected chi connectivity index (χ0v) is 12.7. The molecule has 2 nitrogen and oxygen atoms in total. The van der Waals surface area contributed by atoms with Crippen LogP contribution in [0.5, 0.6) is 0 Å². The van der Waals surface area contributed by atoms with Gasteiger partial charge in [0.25, 0.3) is 5.91 Å². The minimum Gasteiger partial charge on any atom is -0.352 e. The van der Waals surface area contributed by atoms with Crippen molar-refractivity contribution in [2.45, 2.75) is 37.4 Å². The molecular weight excluding hydrogens is 309 g/mol. The van der Waals surface area contributed by atoms with Gasteiger partial charge in [-0.05, 0) is 49.8 Å². The molecule has 0 aromatic heterocycles.